The highest BCUT2D eigenvalue weighted by molar-refractivity contribution is 5.90. The molecule has 0 aromatic heterocycles. The third-order valence-electron chi connectivity index (χ3n) is 9.75. The van der Waals surface area contributed by atoms with Crippen molar-refractivity contribution in [2.75, 3.05) is 32.8 Å². The van der Waals surface area contributed by atoms with Crippen molar-refractivity contribution in [3.63, 3.8) is 0 Å². The molecule has 0 saturated carbocycles. The molecule has 2 unspecified atom stereocenters. The highest BCUT2D eigenvalue weighted by atomic mass is 16.7. The van der Waals surface area contributed by atoms with Crippen molar-refractivity contribution in [3.05, 3.63) is 71.3 Å². The van der Waals surface area contributed by atoms with Crippen molar-refractivity contribution in [1.29, 1.82) is 0 Å². The Morgan fingerprint density at radius 3 is 2.56 bits per heavy atom. The SMILES string of the molecule is C[C@H](CC(C)(CN)C(=O)N[C@H](COCc1ccccc1)C(=O)N1CCC2(CCc3ccccc32)CC1)OC1CCCCO1. The first-order chi connectivity index (χ1) is 20.8. The van der Waals surface area contributed by atoms with Crippen LogP contribution in [0.4, 0.5) is 0 Å². The molecule has 0 bridgehead atoms. The van der Waals surface area contributed by atoms with Crippen molar-refractivity contribution in [1.82, 2.24) is 10.2 Å². The number of aryl methyl sites for hydroxylation is 1. The summed E-state index contributed by atoms with van der Waals surface area (Å²) >= 11 is 0. The largest absolute Gasteiger partial charge is 0.374 e. The number of fused-ring (bicyclic) bond motifs is 2. The van der Waals surface area contributed by atoms with Gasteiger partial charge in [0.05, 0.1) is 24.7 Å². The Morgan fingerprint density at radius 2 is 1.84 bits per heavy atom. The summed E-state index contributed by atoms with van der Waals surface area (Å²) in [6.07, 6.45) is 7.02. The second-order valence-corrected chi connectivity index (χ2v) is 13.0. The molecule has 5 rings (SSSR count). The molecule has 2 amide bonds. The van der Waals surface area contributed by atoms with E-state index in [0.29, 0.717) is 32.7 Å². The Labute approximate surface area is 256 Å². The highest BCUT2D eigenvalue weighted by Gasteiger charge is 2.43. The quantitative estimate of drug-likeness (QED) is 0.377. The first-order valence-corrected chi connectivity index (χ1v) is 16.1. The Balaban J connectivity index is 1.24. The lowest BCUT2D eigenvalue weighted by atomic mass is 9.74. The van der Waals surface area contributed by atoms with E-state index in [-0.39, 0.29) is 42.8 Å². The van der Waals surface area contributed by atoms with Gasteiger partial charge in [-0.15, -0.1) is 0 Å². The van der Waals surface area contributed by atoms with E-state index in [1.54, 1.807) is 0 Å². The number of carbonyl (C=O) groups is 2. The molecule has 8 nitrogen and oxygen atoms in total. The fourth-order valence-electron chi connectivity index (χ4n) is 7.06. The Hall–Kier alpha value is -2.78. The summed E-state index contributed by atoms with van der Waals surface area (Å²) in [7, 11) is 0. The van der Waals surface area contributed by atoms with Crippen molar-refractivity contribution in [2.45, 2.75) is 95.7 Å². The molecular formula is C35H49N3O5. The normalized spacial score (nSPS) is 22.4. The minimum Gasteiger partial charge on any atom is -0.374 e. The summed E-state index contributed by atoms with van der Waals surface area (Å²) in [5, 5.41) is 3.06. The molecule has 234 valence electrons. The van der Waals surface area contributed by atoms with Crippen LogP contribution in [0.1, 0.15) is 75.5 Å². The molecule has 2 aromatic carbocycles. The molecule has 1 spiro atoms. The average molecular weight is 592 g/mol. The smallest absolute Gasteiger partial charge is 0.247 e. The monoisotopic (exact) mass is 591 g/mol. The number of ether oxygens (including phenoxy) is 3. The number of benzene rings is 2. The van der Waals surface area contributed by atoms with Gasteiger partial charge in [0.25, 0.3) is 0 Å². The van der Waals surface area contributed by atoms with Gasteiger partial charge in [0, 0.05) is 26.2 Å². The zero-order valence-corrected chi connectivity index (χ0v) is 25.9. The first-order valence-electron chi connectivity index (χ1n) is 16.1. The predicted molar refractivity (Wildman–Crippen MR) is 166 cm³/mol. The molecule has 2 fully saturated rings. The Kier molecular flexibility index (Phi) is 10.5. The number of carbonyl (C=O) groups excluding carboxylic acids is 2. The molecule has 2 saturated heterocycles. The number of hydrogen-bond acceptors (Lipinski definition) is 6. The number of piperidine rings is 1. The van der Waals surface area contributed by atoms with Gasteiger partial charge in [-0.1, -0.05) is 54.6 Å². The molecule has 2 aromatic rings. The number of nitrogens with two attached hydrogens (primary N) is 1. The van der Waals surface area contributed by atoms with Gasteiger partial charge >= 0.3 is 0 Å². The van der Waals surface area contributed by atoms with Crippen LogP contribution in [-0.4, -0.2) is 68.0 Å². The maximum atomic E-state index is 14.0. The number of hydrogen-bond donors (Lipinski definition) is 2. The average Bonchev–Trinajstić information content (AvgIpc) is 3.39. The third-order valence-corrected chi connectivity index (χ3v) is 9.75. The fraction of sp³-hybridized carbons (Fsp3) is 0.600. The van der Waals surface area contributed by atoms with Gasteiger partial charge in [-0.25, -0.2) is 0 Å². The van der Waals surface area contributed by atoms with Crippen LogP contribution >= 0.6 is 0 Å². The summed E-state index contributed by atoms with van der Waals surface area (Å²) in [5.74, 6) is -0.350. The maximum absolute atomic E-state index is 14.0. The van der Waals surface area contributed by atoms with E-state index < -0.39 is 11.5 Å². The molecule has 0 radical (unpaired) electrons. The van der Waals surface area contributed by atoms with Gasteiger partial charge in [-0.3, -0.25) is 9.59 Å². The van der Waals surface area contributed by atoms with Crippen LogP contribution in [0.15, 0.2) is 54.6 Å². The van der Waals surface area contributed by atoms with Crippen molar-refractivity contribution in [3.8, 4) is 0 Å². The fourth-order valence-corrected chi connectivity index (χ4v) is 7.06. The van der Waals surface area contributed by atoms with E-state index in [1.807, 2.05) is 49.1 Å². The molecule has 2 heterocycles. The third kappa shape index (κ3) is 7.66. The predicted octanol–water partition coefficient (Wildman–Crippen LogP) is 4.48. The second-order valence-electron chi connectivity index (χ2n) is 13.0. The molecule has 3 N–H and O–H groups in total. The molecular weight excluding hydrogens is 542 g/mol. The number of nitrogens with zero attached hydrogens (tertiary/aromatic N) is 1. The summed E-state index contributed by atoms with van der Waals surface area (Å²) in [6.45, 7) is 6.41. The van der Waals surface area contributed by atoms with E-state index in [2.05, 4.69) is 29.6 Å². The van der Waals surface area contributed by atoms with Gasteiger partial charge in [0.2, 0.25) is 11.8 Å². The van der Waals surface area contributed by atoms with Crippen LogP contribution in [0.5, 0.6) is 0 Å². The van der Waals surface area contributed by atoms with Gasteiger partial charge in [0.1, 0.15) is 6.04 Å². The molecule has 8 heteroatoms. The lowest BCUT2D eigenvalue weighted by Gasteiger charge is -2.41. The standard InChI is InChI=1S/C35H49N3O5/c1-26(43-31-14-8-9-21-42-31)22-34(2,25-36)33(40)37-30(24-41-23-27-10-4-3-5-11-27)32(39)38-19-17-35(18-20-38)16-15-28-12-6-7-13-29(28)35/h3-7,10-13,26,30-31H,8-9,14-25,36H2,1-2H3,(H,37,40)/t26-,30-,31?,34?/m1/s1. The lowest BCUT2D eigenvalue weighted by molar-refractivity contribution is -0.190. The number of likely N-dealkylation sites (tertiary alicyclic amines) is 1. The molecule has 43 heavy (non-hydrogen) atoms. The number of rotatable bonds is 12. The van der Waals surface area contributed by atoms with Crippen molar-refractivity contribution >= 4 is 11.8 Å². The molecule has 2 aliphatic heterocycles. The van der Waals surface area contributed by atoms with Crippen LogP contribution in [0.3, 0.4) is 0 Å². The number of amides is 2. The van der Waals surface area contributed by atoms with E-state index in [4.69, 9.17) is 19.9 Å². The summed E-state index contributed by atoms with van der Waals surface area (Å²) < 4.78 is 17.9. The van der Waals surface area contributed by atoms with Crippen LogP contribution in [-0.2, 0) is 42.2 Å². The summed E-state index contributed by atoms with van der Waals surface area (Å²) in [5.41, 5.74) is 9.33. The topological polar surface area (TPSA) is 103 Å². The molecule has 1 aliphatic carbocycles. The lowest BCUT2D eigenvalue weighted by Crippen LogP contribution is -2.57. The van der Waals surface area contributed by atoms with E-state index in [9.17, 15) is 9.59 Å². The zero-order chi connectivity index (χ0) is 30.3. The minimum atomic E-state index is -0.911. The van der Waals surface area contributed by atoms with E-state index in [0.717, 1.165) is 50.5 Å². The molecule has 3 aliphatic rings. The van der Waals surface area contributed by atoms with Gasteiger partial charge in [-0.2, -0.15) is 0 Å². The summed E-state index contributed by atoms with van der Waals surface area (Å²) in [4.78, 5) is 29.7. The van der Waals surface area contributed by atoms with Gasteiger partial charge in [-0.05, 0) is 87.3 Å². The maximum Gasteiger partial charge on any atom is 0.247 e. The van der Waals surface area contributed by atoms with Crippen LogP contribution < -0.4 is 11.1 Å². The van der Waals surface area contributed by atoms with Gasteiger partial charge < -0.3 is 30.2 Å². The van der Waals surface area contributed by atoms with Crippen LogP contribution in [0.25, 0.3) is 0 Å². The van der Waals surface area contributed by atoms with Crippen molar-refractivity contribution < 1.29 is 23.8 Å². The Morgan fingerprint density at radius 1 is 1.09 bits per heavy atom. The zero-order valence-electron chi connectivity index (χ0n) is 25.9. The van der Waals surface area contributed by atoms with Gasteiger partial charge in [0.15, 0.2) is 6.29 Å². The Bertz CT molecular complexity index is 1210. The van der Waals surface area contributed by atoms with Crippen LogP contribution in [0, 0.1) is 5.41 Å². The van der Waals surface area contributed by atoms with E-state index in [1.165, 1.54) is 11.1 Å². The second kappa shape index (κ2) is 14.3. The summed E-state index contributed by atoms with van der Waals surface area (Å²) in [6, 6.07) is 17.8. The van der Waals surface area contributed by atoms with E-state index >= 15 is 0 Å². The number of nitrogens with one attached hydrogen (secondary N) is 1. The minimum absolute atomic E-state index is 0.0898. The highest BCUT2D eigenvalue weighted by Crippen LogP contribution is 2.46. The molecule has 4 atom stereocenters. The van der Waals surface area contributed by atoms with Crippen molar-refractivity contribution in [2.24, 2.45) is 11.1 Å². The first kappa shape index (κ1) is 31.6. The van der Waals surface area contributed by atoms with Crippen LogP contribution in [0.2, 0.25) is 0 Å².